The first-order valence-corrected chi connectivity index (χ1v) is 12.2. The van der Waals surface area contributed by atoms with E-state index in [4.69, 9.17) is 11.6 Å². The van der Waals surface area contributed by atoms with Crippen LogP contribution in [0.2, 0.25) is 5.02 Å². The first-order valence-electron chi connectivity index (χ1n) is 11.8. The molecule has 0 aliphatic heterocycles. The monoisotopic (exact) mass is 476 g/mol. The van der Waals surface area contributed by atoms with Gasteiger partial charge in [-0.3, -0.25) is 9.59 Å². The average molecular weight is 477 g/mol. The Morgan fingerprint density at radius 2 is 1.59 bits per heavy atom. The van der Waals surface area contributed by atoms with Crippen molar-refractivity contribution in [1.29, 1.82) is 0 Å². The van der Waals surface area contributed by atoms with Crippen molar-refractivity contribution in [3.63, 3.8) is 0 Å². The number of hydrogen-bond acceptors (Lipinski definition) is 2. The van der Waals surface area contributed by atoms with Crippen molar-refractivity contribution in [2.45, 2.75) is 58.7 Å². The lowest BCUT2D eigenvalue weighted by molar-refractivity contribution is -0.141. The maximum Gasteiger partial charge on any atom is 0.243 e. The Morgan fingerprint density at radius 1 is 0.912 bits per heavy atom. The summed E-state index contributed by atoms with van der Waals surface area (Å²) in [7, 11) is 0. The van der Waals surface area contributed by atoms with Crippen molar-refractivity contribution in [2.24, 2.45) is 0 Å². The highest BCUT2D eigenvalue weighted by atomic mass is 35.5. The number of nitrogens with one attached hydrogen (secondary N) is 1. The van der Waals surface area contributed by atoms with Crippen molar-refractivity contribution in [1.82, 2.24) is 10.2 Å². The van der Waals surface area contributed by atoms with E-state index in [9.17, 15) is 9.59 Å². The molecule has 0 saturated heterocycles. The summed E-state index contributed by atoms with van der Waals surface area (Å²) < 4.78 is 0. The van der Waals surface area contributed by atoms with Crippen molar-refractivity contribution in [2.75, 3.05) is 0 Å². The minimum absolute atomic E-state index is 0.0194. The maximum atomic E-state index is 13.7. The SMILES string of the molecule is CC[C@@H](C)NC(=O)[C@@H](Cc1ccccc1)N(Cc1cccc(Cl)c1)C(=O)Cc1ccc(C)cc1. The summed E-state index contributed by atoms with van der Waals surface area (Å²) in [5, 5.41) is 3.70. The Morgan fingerprint density at radius 3 is 2.24 bits per heavy atom. The fourth-order valence-electron chi connectivity index (χ4n) is 3.81. The van der Waals surface area contributed by atoms with Crippen LogP contribution in [0.3, 0.4) is 0 Å². The summed E-state index contributed by atoms with van der Waals surface area (Å²) in [6.45, 7) is 6.33. The number of nitrogens with zero attached hydrogens (tertiary/aromatic N) is 1. The zero-order chi connectivity index (χ0) is 24.5. The number of rotatable bonds is 10. The average Bonchev–Trinajstić information content (AvgIpc) is 2.83. The number of benzene rings is 3. The van der Waals surface area contributed by atoms with Crippen LogP contribution in [0.1, 0.15) is 42.5 Å². The predicted octanol–water partition coefficient (Wildman–Crippen LogP) is 5.75. The van der Waals surface area contributed by atoms with E-state index in [2.05, 4.69) is 5.32 Å². The normalized spacial score (nSPS) is 12.6. The van der Waals surface area contributed by atoms with Crippen LogP contribution in [0.4, 0.5) is 0 Å². The Kier molecular flexibility index (Phi) is 9.29. The van der Waals surface area contributed by atoms with Crippen LogP contribution < -0.4 is 5.32 Å². The summed E-state index contributed by atoms with van der Waals surface area (Å²) in [5.41, 5.74) is 3.96. The van der Waals surface area contributed by atoms with Crippen LogP contribution in [-0.4, -0.2) is 28.8 Å². The van der Waals surface area contributed by atoms with Crippen LogP contribution in [0.15, 0.2) is 78.9 Å². The van der Waals surface area contributed by atoms with Gasteiger partial charge in [-0.1, -0.05) is 90.8 Å². The molecule has 0 fully saturated rings. The van der Waals surface area contributed by atoms with E-state index < -0.39 is 6.04 Å². The molecular formula is C29H33ClN2O2. The second-order valence-corrected chi connectivity index (χ2v) is 9.27. The quantitative estimate of drug-likeness (QED) is 0.405. The van der Waals surface area contributed by atoms with Crippen LogP contribution in [0.5, 0.6) is 0 Å². The van der Waals surface area contributed by atoms with Gasteiger partial charge in [0.15, 0.2) is 0 Å². The molecule has 0 spiro atoms. The van der Waals surface area contributed by atoms with Gasteiger partial charge in [0.05, 0.1) is 6.42 Å². The molecule has 3 aromatic carbocycles. The fourth-order valence-corrected chi connectivity index (χ4v) is 4.02. The van der Waals surface area contributed by atoms with Crippen LogP contribution in [0.25, 0.3) is 0 Å². The van der Waals surface area contributed by atoms with Gasteiger partial charge in [0.1, 0.15) is 6.04 Å². The molecule has 0 aromatic heterocycles. The molecule has 0 aliphatic rings. The maximum absolute atomic E-state index is 13.7. The fraction of sp³-hybridized carbons (Fsp3) is 0.310. The zero-order valence-corrected chi connectivity index (χ0v) is 20.9. The third-order valence-electron chi connectivity index (χ3n) is 5.99. The molecule has 0 saturated carbocycles. The van der Waals surface area contributed by atoms with Crippen molar-refractivity contribution in [3.8, 4) is 0 Å². The molecule has 0 unspecified atom stereocenters. The molecule has 3 rings (SSSR count). The van der Waals surface area contributed by atoms with Gasteiger partial charge < -0.3 is 10.2 Å². The molecule has 1 N–H and O–H groups in total. The molecule has 2 amide bonds. The minimum atomic E-state index is -0.645. The number of amides is 2. The molecule has 0 radical (unpaired) electrons. The molecule has 0 aliphatic carbocycles. The highest BCUT2D eigenvalue weighted by Crippen LogP contribution is 2.19. The second-order valence-electron chi connectivity index (χ2n) is 8.84. The summed E-state index contributed by atoms with van der Waals surface area (Å²) in [6.07, 6.45) is 1.47. The van der Waals surface area contributed by atoms with Gasteiger partial charge >= 0.3 is 0 Å². The molecule has 3 aromatic rings. The van der Waals surface area contributed by atoms with Crippen molar-refractivity contribution < 1.29 is 9.59 Å². The zero-order valence-electron chi connectivity index (χ0n) is 20.1. The molecular weight excluding hydrogens is 444 g/mol. The molecule has 0 heterocycles. The Bertz CT molecular complexity index is 1080. The third kappa shape index (κ3) is 7.46. The standard InChI is InChI=1S/C29H33ClN2O2/c1-4-22(3)31-29(34)27(18-23-9-6-5-7-10-23)32(20-25-11-8-12-26(30)17-25)28(33)19-24-15-13-21(2)14-16-24/h5-17,22,27H,4,18-20H2,1-3H3,(H,31,34)/t22-,27-/m1/s1. The van der Waals surface area contributed by atoms with E-state index in [-0.39, 0.29) is 24.3 Å². The summed E-state index contributed by atoms with van der Waals surface area (Å²) in [4.78, 5) is 28.9. The first-order chi connectivity index (χ1) is 16.4. The van der Waals surface area contributed by atoms with Crippen LogP contribution in [-0.2, 0) is 29.0 Å². The van der Waals surface area contributed by atoms with Gasteiger partial charge in [-0.2, -0.15) is 0 Å². The summed E-state index contributed by atoms with van der Waals surface area (Å²) in [6, 6.07) is 24.6. The number of carbonyl (C=O) groups excluding carboxylic acids is 2. The largest absolute Gasteiger partial charge is 0.352 e. The van der Waals surface area contributed by atoms with Crippen molar-refractivity contribution >= 4 is 23.4 Å². The predicted molar refractivity (Wildman–Crippen MR) is 139 cm³/mol. The van der Waals surface area contributed by atoms with E-state index in [1.165, 1.54) is 0 Å². The topological polar surface area (TPSA) is 49.4 Å². The van der Waals surface area contributed by atoms with Gasteiger partial charge in [0, 0.05) is 24.0 Å². The second kappa shape index (κ2) is 12.4. The van der Waals surface area contributed by atoms with E-state index in [1.54, 1.807) is 11.0 Å². The summed E-state index contributed by atoms with van der Waals surface area (Å²) in [5.74, 6) is -0.235. The van der Waals surface area contributed by atoms with Gasteiger partial charge in [-0.25, -0.2) is 0 Å². The number of hydrogen-bond donors (Lipinski definition) is 1. The lowest BCUT2D eigenvalue weighted by Gasteiger charge is -2.32. The van der Waals surface area contributed by atoms with Gasteiger partial charge in [-0.05, 0) is 49.1 Å². The number of carbonyl (C=O) groups is 2. The minimum Gasteiger partial charge on any atom is -0.352 e. The number of halogens is 1. The first kappa shape index (κ1) is 25.5. The molecule has 2 atom stereocenters. The van der Waals surface area contributed by atoms with Gasteiger partial charge in [0.25, 0.3) is 0 Å². The third-order valence-corrected chi connectivity index (χ3v) is 6.23. The van der Waals surface area contributed by atoms with Gasteiger partial charge in [-0.15, -0.1) is 0 Å². The van der Waals surface area contributed by atoms with Crippen LogP contribution >= 0.6 is 11.6 Å². The van der Waals surface area contributed by atoms with Crippen molar-refractivity contribution in [3.05, 3.63) is 106 Å². The smallest absolute Gasteiger partial charge is 0.243 e. The molecule has 0 bridgehead atoms. The molecule has 34 heavy (non-hydrogen) atoms. The van der Waals surface area contributed by atoms with Crippen LogP contribution in [0, 0.1) is 6.92 Å². The van der Waals surface area contributed by atoms with E-state index in [1.807, 2.05) is 93.6 Å². The lowest BCUT2D eigenvalue weighted by atomic mass is 10.0. The van der Waals surface area contributed by atoms with E-state index >= 15 is 0 Å². The Labute approximate surface area is 207 Å². The molecule has 178 valence electrons. The summed E-state index contributed by atoms with van der Waals surface area (Å²) >= 11 is 6.23. The van der Waals surface area contributed by atoms with E-state index in [0.717, 1.165) is 28.7 Å². The Balaban J connectivity index is 1.96. The Hall–Kier alpha value is -3.11. The highest BCUT2D eigenvalue weighted by Gasteiger charge is 2.31. The van der Waals surface area contributed by atoms with E-state index in [0.29, 0.717) is 18.0 Å². The molecule has 5 heteroatoms. The highest BCUT2D eigenvalue weighted by molar-refractivity contribution is 6.30. The lowest BCUT2D eigenvalue weighted by Crippen LogP contribution is -2.52. The molecule has 4 nitrogen and oxygen atoms in total. The van der Waals surface area contributed by atoms with Gasteiger partial charge in [0.2, 0.25) is 11.8 Å². The number of aryl methyl sites for hydroxylation is 1.